The first-order valence-corrected chi connectivity index (χ1v) is 8.87. The van der Waals surface area contributed by atoms with Gasteiger partial charge in [-0.05, 0) is 31.9 Å². The molecule has 3 heterocycles. The van der Waals surface area contributed by atoms with Crippen LogP contribution in [0.25, 0.3) is 11.1 Å². The van der Waals surface area contributed by atoms with E-state index in [0.29, 0.717) is 12.5 Å². The van der Waals surface area contributed by atoms with Gasteiger partial charge in [-0.2, -0.15) is 0 Å². The van der Waals surface area contributed by atoms with E-state index in [0.717, 1.165) is 16.8 Å². The zero-order chi connectivity index (χ0) is 19.7. The first kappa shape index (κ1) is 18.1. The van der Waals surface area contributed by atoms with Crippen LogP contribution in [0.2, 0.25) is 0 Å². The van der Waals surface area contributed by atoms with Gasteiger partial charge < -0.3 is 11.1 Å². The van der Waals surface area contributed by atoms with Gasteiger partial charge in [0.05, 0.1) is 11.4 Å². The van der Waals surface area contributed by atoms with E-state index in [4.69, 9.17) is 5.73 Å². The van der Waals surface area contributed by atoms with E-state index >= 15 is 0 Å². The maximum atomic E-state index is 14.2. The fourth-order valence-corrected chi connectivity index (χ4v) is 3.56. The molecule has 1 aliphatic carbocycles. The average Bonchev–Trinajstić information content (AvgIpc) is 2.65. The molecule has 0 atom stereocenters. The largest absolute Gasteiger partial charge is 0.368 e. The van der Waals surface area contributed by atoms with Gasteiger partial charge in [0.15, 0.2) is 0 Å². The molecule has 0 amide bonds. The van der Waals surface area contributed by atoms with Crippen LogP contribution in [0, 0.1) is 12.7 Å². The number of aromatic nitrogens is 5. The molecule has 0 radical (unpaired) electrons. The highest BCUT2D eigenvalue weighted by Gasteiger charge is 2.48. The summed E-state index contributed by atoms with van der Waals surface area (Å²) in [6.07, 6.45) is 5.90. The Morgan fingerprint density at radius 1 is 1.18 bits per heavy atom. The number of anilines is 2. The van der Waals surface area contributed by atoms with E-state index in [9.17, 15) is 8.78 Å². The first-order chi connectivity index (χ1) is 13.5. The summed E-state index contributed by atoms with van der Waals surface area (Å²) >= 11 is 0. The summed E-state index contributed by atoms with van der Waals surface area (Å²) < 4.78 is 27.8. The lowest BCUT2D eigenvalue weighted by Gasteiger charge is -2.43. The Hall–Kier alpha value is -3.23. The predicted molar refractivity (Wildman–Crippen MR) is 101 cm³/mol. The summed E-state index contributed by atoms with van der Waals surface area (Å²) in [7, 11) is 0. The van der Waals surface area contributed by atoms with Gasteiger partial charge in [-0.25, -0.2) is 28.7 Å². The van der Waals surface area contributed by atoms with Crippen molar-refractivity contribution in [1.29, 1.82) is 0 Å². The Morgan fingerprint density at radius 2 is 1.93 bits per heavy atom. The van der Waals surface area contributed by atoms with Gasteiger partial charge in [0.25, 0.3) is 0 Å². The maximum absolute atomic E-state index is 14.2. The molecule has 0 saturated heterocycles. The molecule has 0 unspecified atom stereocenters. The van der Waals surface area contributed by atoms with Gasteiger partial charge in [-0.15, -0.1) is 0 Å². The molecule has 144 valence electrons. The van der Waals surface area contributed by atoms with Crippen LogP contribution in [-0.2, 0) is 5.41 Å². The van der Waals surface area contributed by atoms with Crippen molar-refractivity contribution in [3.8, 4) is 11.1 Å². The SMILES string of the molecule is Cc1nc(N)ncc1-c1cnc(NC[C@]2(c3ncccc3F)C[C@H](F)C2)nc1. The van der Waals surface area contributed by atoms with Crippen molar-refractivity contribution >= 4 is 11.9 Å². The quantitative estimate of drug-likeness (QED) is 0.698. The Kier molecular flexibility index (Phi) is 4.58. The molecule has 0 bridgehead atoms. The molecular formula is C19H19F2N7. The van der Waals surface area contributed by atoms with Crippen LogP contribution in [0.3, 0.4) is 0 Å². The fraction of sp³-hybridized carbons (Fsp3) is 0.316. The minimum Gasteiger partial charge on any atom is -0.368 e. The molecule has 0 spiro atoms. The van der Waals surface area contributed by atoms with Gasteiger partial charge in [-0.1, -0.05) is 0 Å². The highest BCUT2D eigenvalue weighted by molar-refractivity contribution is 5.64. The van der Waals surface area contributed by atoms with Crippen molar-refractivity contribution in [3.05, 3.63) is 54.1 Å². The Morgan fingerprint density at radius 3 is 2.57 bits per heavy atom. The van der Waals surface area contributed by atoms with Gasteiger partial charge in [0, 0.05) is 47.9 Å². The molecule has 9 heteroatoms. The van der Waals surface area contributed by atoms with Crippen molar-refractivity contribution in [2.24, 2.45) is 0 Å². The van der Waals surface area contributed by atoms with Crippen LogP contribution in [0.1, 0.15) is 24.2 Å². The molecule has 4 rings (SSSR count). The second-order valence-corrected chi connectivity index (χ2v) is 7.00. The number of alkyl halides is 1. The molecule has 1 aliphatic rings. The lowest BCUT2D eigenvalue weighted by molar-refractivity contribution is 0.0963. The highest BCUT2D eigenvalue weighted by atomic mass is 19.1. The van der Waals surface area contributed by atoms with Gasteiger partial charge in [0.1, 0.15) is 12.0 Å². The fourth-order valence-electron chi connectivity index (χ4n) is 3.56. The number of nitrogen functional groups attached to an aromatic ring is 1. The van der Waals surface area contributed by atoms with Gasteiger partial charge >= 0.3 is 0 Å². The van der Waals surface area contributed by atoms with Crippen molar-refractivity contribution in [2.45, 2.75) is 31.4 Å². The Bertz CT molecular complexity index is 988. The molecule has 1 fully saturated rings. The van der Waals surface area contributed by atoms with Crippen LogP contribution in [-0.4, -0.2) is 37.6 Å². The first-order valence-electron chi connectivity index (χ1n) is 8.87. The highest BCUT2D eigenvalue weighted by Crippen LogP contribution is 2.45. The summed E-state index contributed by atoms with van der Waals surface area (Å²) in [6, 6.07) is 2.87. The lowest BCUT2D eigenvalue weighted by Crippen LogP contribution is -2.49. The number of nitrogens with zero attached hydrogens (tertiary/aromatic N) is 5. The molecule has 7 nitrogen and oxygen atoms in total. The Labute approximate surface area is 160 Å². The van der Waals surface area contributed by atoms with Crippen molar-refractivity contribution in [1.82, 2.24) is 24.9 Å². The smallest absolute Gasteiger partial charge is 0.222 e. The zero-order valence-corrected chi connectivity index (χ0v) is 15.2. The molecule has 3 N–H and O–H groups in total. The number of hydrogen-bond acceptors (Lipinski definition) is 7. The Balaban J connectivity index is 1.51. The monoisotopic (exact) mass is 383 g/mol. The number of nitrogens with one attached hydrogen (secondary N) is 1. The third kappa shape index (κ3) is 3.35. The number of rotatable bonds is 5. The average molecular weight is 383 g/mol. The molecule has 3 aromatic rings. The van der Waals surface area contributed by atoms with E-state index in [1.807, 2.05) is 6.92 Å². The van der Waals surface area contributed by atoms with Crippen LogP contribution >= 0.6 is 0 Å². The van der Waals surface area contributed by atoms with Crippen LogP contribution in [0.15, 0.2) is 36.9 Å². The molecule has 0 aromatic carbocycles. The maximum Gasteiger partial charge on any atom is 0.222 e. The predicted octanol–water partition coefficient (Wildman–Crippen LogP) is 2.84. The van der Waals surface area contributed by atoms with Gasteiger partial charge in [-0.3, -0.25) is 4.98 Å². The molecule has 1 saturated carbocycles. The van der Waals surface area contributed by atoms with E-state index < -0.39 is 17.4 Å². The minimum atomic E-state index is -0.958. The second-order valence-electron chi connectivity index (χ2n) is 7.00. The second kappa shape index (κ2) is 7.06. The third-order valence-corrected chi connectivity index (χ3v) is 5.03. The van der Waals surface area contributed by atoms with Crippen LogP contribution < -0.4 is 11.1 Å². The molecule has 28 heavy (non-hydrogen) atoms. The van der Waals surface area contributed by atoms with Crippen molar-refractivity contribution in [3.63, 3.8) is 0 Å². The van der Waals surface area contributed by atoms with E-state index in [2.05, 4.69) is 30.2 Å². The van der Waals surface area contributed by atoms with Crippen molar-refractivity contribution < 1.29 is 8.78 Å². The summed E-state index contributed by atoms with van der Waals surface area (Å²) in [5.41, 5.74) is 7.42. The van der Waals surface area contributed by atoms with E-state index in [-0.39, 0.29) is 24.5 Å². The third-order valence-electron chi connectivity index (χ3n) is 5.03. The molecule has 0 aliphatic heterocycles. The lowest BCUT2D eigenvalue weighted by atomic mass is 9.65. The standard InChI is InChI=1S/C19H19F2N7/c1-11-14(9-24-17(22)28-11)12-7-25-18(26-8-12)27-10-19(5-13(20)6-19)16-15(21)3-2-4-23-16/h2-4,7-9,13H,5-6,10H2,1H3,(H2,22,24,28)(H,25,26,27)/t13-,19-. The van der Waals surface area contributed by atoms with Crippen molar-refractivity contribution in [2.75, 3.05) is 17.6 Å². The number of nitrogens with two attached hydrogens (primary N) is 1. The van der Waals surface area contributed by atoms with E-state index in [1.54, 1.807) is 18.6 Å². The number of aryl methyl sites for hydroxylation is 1. The summed E-state index contributed by atoms with van der Waals surface area (Å²) in [6.45, 7) is 2.12. The summed E-state index contributed by atoms with van der Waals surface area (Å²) in [4.78, 5) is 20.9. The summed E-state index contributed by atoms with van der Waals surface area (Å²) in [5.74, 6) is 0.154. The van der Waals surface area contributed by atoms with Gasteiger partial charge in [0.2, 0.25) is 11.9 Å². The molecule has 3 aromatic heterocycles. The van der Waals surface area contributed by atoms with Crippen LogP contribution in [0.5, 0.6) is 0 Å². The number of halogens is 2. The zero-order valence-electron chi connectivity index (χ0n) is 15.2. The number of pyridine rings is 1. The number of hydrogen-bond donors (Lipinski definition) is 2. The minimum absolute atomic E-state index is 0.208. The molecular weight excluding hydrogens is 364 g/mol. The van der Waals surface area contributed by atoms with Crippen LogP contribution in [0.4, 0.5) is 20.7 Å². The topological polar surface area (TPSA) is 102 Å². The summed E-state index contributed by atoms with van der Waals surface area (Å²) in [5, 5.41) is 3.09. The van der Waals surface area contributed by atoms with E-state index in [1.165, 1.54) is 18.3 Å². The normalized spacial score (nSPS) is 21.2.